The van der Waals surface area contributed by atoms with Crippen LogP contribution in [0.2, 0.25) is 0 Å². The van der Waals surface area contributed by atoms with Crippen LogP contribution in [0.4, 0.5) is 0 Å². The third-order valence-electron chi connectivity index (χ3n) is 5.07. The highest BCUT2D eigenvalue weighted by molar-refractivity contribution is 5.80. The lowest BCUT2D eigenvalue weighted by Crippen LogP contribution is -2.49. The fourth-order valence-electron chi connectivity index (χ4n) is 3.47. The third kappa shape index (κ3) is 4.36. The third-order valence-corrected chi connectivity index (χ3v) is 5.07. The predicted molar refractivity (Wildman–Crippen MR) is 105 cm³/mol. The highest BCUT2D eigenvalue weighted by atomic mass is 16.5. The van der Waals surface area contributed by atoms with Gasteiger partial charge < -0.3 is 19.5 Å². The largest absolute Gasteiger partial charge is 0.491 e. The molecule has 0 bridgehead atoms. The Morgan fingerprint density at radius 3 is 2.96 bits per heavy atom. The molecule has 2 unspecified atom stereocenters. The minimum Gasteiger partial charge on any atom is -0.491 e. The topological polar surface area (TPSA) is 54.7 Å². The molecule has 0 aliphatic carbocycles. The number of nitrogens with zero attached hydrogens (tertiary/aromatic N) is 4. The molecule has 1 saturated heterocycles. The highest BCUT2D eigenvalue weighted by Crippen LogP contribution is 2.27. The molecule has 2 heterocycles. The van der Waals surface area contributed by atoms with Crippen LogP contribution in [0.3, 0.4) is 0 Å². The molecule has 3 rings (SSSR count). The van der Waals surface area contributed by atoms with Crippen molar-refractivity contribution in [3.8, 4) is 5.75 Å². The molecule has 0 saturated carbocycles. The van der Waals surface area contributed by atoms with Crippen molar-refractivity contribution in [3.05, 3.63) is 48.5 Å². The van der Waals surface area contributed by atoms with Crippen molar-refractivity contribution in [2.45, 2.75) is 26.3 Å². The summed E-state index contributed by atoms with van der Waals surface area (Å²) in [5.41, 5.74) is 1.16. The lowest BCUT2D eigenvalue weighted by Gasteiger charge is -2.39. The Morgan fingerprint density at radius 2 is 2.23 bits per heavy atom. The first-order valence-electron chi connectivity index (χ1n) is 9.30. The van der Waals surface area contributed by atoms with Gasteiger partial charge in [-0.15, -0.1) is 0 Å². The van der Waals surface area contributed by atoms with Gasteiger partial charge in [-0.3, -0.25) is 4.99 Å². The van der Waals surface area contributed by atoms with Crippen LogP contribution in [-0.2, 0) is 0 Å². The Kier molecular flexibility index (Phi) is 6.15. The van der Waals surface area contributed by atoms with E-state index < -0.39 is 0 Å². The first kappa shape index (κ1) is 18.3. The van der Waals surface area contributed by atoms with Crippen molar-refractivity contribution in [1.82, 2.24) is 19.8 Å². The highest BCUT2D eigenvalue weighted by Gasteiger charge is 2.28. The van der Waals surface area contributed by atoms with Crippen LogP contribution >= 0.6 is 0 Å². The van der Waals surface area contributed by atoms with E-state index in [9.17, 15) is 0 Å². The fraction of sp³-hybridized carbons (Fsp3) is 0.500. The lowest BCUT2D eigenvalue weighted by molar-refractivity contribution is 0.188. The van der Waals surface area contributed by atoms with Gasteiger partial charge in [0, 0.05) is 32.5 Å². The quantitative estimate of drug-likeness (QED) is 0.509. The number of guanidine groups is 1. The van der Waals surface area contributed by atoms with E-state index in [0.717, 1.165) is 43.3 Å². The molecule has 1 aromatic carbocycles. The summed E-state index contributed by atoms with van der Waals surface area (Å²) in [6.07, 6.45) is 6.96. The predicted octanol–water partition coefficient (Wildman–Crippen LogP) is 2.73. The van der Waals surface area contributed by atoms with Crippen molar-refractivity contribution in [3.63, 3.8) is 0 Å². The minimum absolute atomic E-state index is 0.424. The Morgan fingerprint density at radius 1 is 1.38 bits per heavy atom. The molecular formula is C20H29N5O. The van der Waals surface area contributed by atoms with E-state index in [1.54, 1.807) is 0 Å². The Hall–Kier alpha value is -2.50. The number of para-hydroxylation sites is 1. The maximum atomic E-state index is 5.87. The van der Waals surface area contributed by atoms with Crippen LogP contribution in [0.1, 0.15) is 24.9 Å². The molecule has 1 fully saturated rings. The smallest absolute Gasteiger partial charge is 0.193 e. The molecule has 0 spiro atoms. The minimum atomic E-state index is 0.424. The average molecular weight is 355 g/mol. The SMILES string of the molecule is CN=C(NCCOc1ccccc1C)N1CCC(C)C(n2ccnc2)C1. The van der Waals surface area contributed by atoms with Crippen molar-refractivity contribution in [2.75, 3.05) is 33.3 Å². The molecule has 2 atom stereocenters. The first-order chi connectivity index (χ1) is 12.7. The normalized spacial score (nSPS) is 20.9. The maximum Gasteiger partial charge on any atom is 0.193 e. The van der Waals surface area contributed by atoms with E-state index in [0.29, 0.717) is 18.6 Å². The summed E-state index contributed by atoms with van der Waals surface area (Å²) in [5, 5.41) is 3.44. The van der Waals surface area contributed by atoms with Crippen LogP contribution in [-0.4, -0.2) is 53.7 Å². The summed E-state index contributed by atoms with van der Waals surface area (Å²) in [6.45, 7) is 7.67. The van der Waals surface area contributed by atoms with Crippen LogP contribution in [0.25, 0.3) is 0 Å². The van der Waals surface area contributed by atoms with Gasteiger partial charge in [0.1, 0.15) is 12.4 Å². The number of likely N-dealkylation sites (tertiary alicyclic amines) is 1. The van der Waals surface area contributed by atoms with Gasteiger partial charge in [0.25, 0.3) is 0 Å². The number of nitrogens with one attached hydrogen (secondary N) is 1. The number of aromatic nitrogens is 2. The molecule has 1 aliphatic heterocycles. The number of ether oxygens (including phenoxy) is 1. The number of benzene rings is 1. The number of hydrogen-bond acceptors (Lipinski definition) is 3. The number of aliphatic imine (C=N–C) groups is 1. The van der Waals surface area contributed by atoms with Gasteiger partial charge >= 0.3 is 0 Å². The van der Waals surface area contributed by atoms with Crippen molar-refractivity contribution >= 4 is 5.96 Å². The molecule has 6 heteroatoms. The molecule has 1 aliphatic rings. The number of piperidine rings is 1. The van der Waals surface area contributed by atoms with Gasteiger partial charge in [0.05, 0.1) is 18.9 Å². The molecule has 0 amide bonds. The zero-order chi connectivity index (χ0) is 18.4. The summed E-state index contributed by atoms with van der Waals surface area (Å²) >= 11 is 0. The number of rotatable bonds is 5. The molecule has 1 N–H and O–H groups in total. The van der Waals surface area contributed by atoms with E-state index in [2.05, 4.69) is 50.9 Å². The second-order valence-electron chi connectivity index (χ2n) is 6.88. The summed E-state index contributed by atoms with van der Waals surface area (Å²) in [5.74, 6) is 2.51. The summed E-state index contributed by atoms with van der Waals surface area (Å²) in [4.78, 5) is 11.0. The fourth-order valence-corrected chi connectivity index (χ4v) is 3.47. The molecular weight excluding hydrogens is 326 g/mol. The monoisotopic (exact) mass is 355 g/mol. The molecule has 6 nitrogen and oxygen atoms in total. The number of hydrogen-bond donors (Lipinski definition) is 1. The zero-order valence-corrected chi connectivity index (χ0v) is 15.9. The van der Waals surface area contributed by atoms with Gasteiger partial charge in [0.2, 0.25) is 0 Å². The van der Waals surface area contributed by atoms with E-state index in [-0.39, 0.29) is 0 Å². The Bertz CT molecular complexity index is 713. The van der Waals surface area contributed by atoms with Crippen LogP contribution in [0.15, 0.2) is 48.0 Å². The summed E-state index contributed by atoms with van der Waals surface area (Å²) < 4.78 is 8.08. The average Bonchev–Trinajstić information content (AvgIpc) is 3.18. The molecule has 1 aromatic heterocycles. The van der Waals surface area contributed by atoms with Crippen LogP contribution < -0.4 is 10.1 Å². The molecule has 140 valence electrons. The standard InChI is InChI=1S/C20H29N5O/c1-16-8-11-24(14-18(16)25-12-9-22-15-25)20(21-3)23-10-13-26-19-7-5-4-6-17(19)2/h4-7,9,12,15-16,18H,8,10-11,13-14H2,1-3H3,(H,21,23). The molecule has 26 heavy (non-hydrogen) atoms. The Balaban J connectivity index is 1.51. The molecule has 2 aromatic rings. The van der Waals surface area contributed by atoms with Gasteiger partial charge in [-0.25, -0.2) is 4.98 Å². The number of aryl methyl sites for hydroxylation is 1. The zero-order valence-electron chi connectivity index (χ0n) is 15.9. The second kappa shape index (κ2) is 8.74. The van der Waals surface area contributed by atoms with E-state index in [1.807, 2.05) is 37.8 Å². The van der Waals surface area contributed by atoms with E-state index in [4.69, 9.17) is 4.74 Å². The molecule has 0 radical (unpaired) electrons. The van der Waals surface area contributed by atoms with Gasteiger partial charge in [-0.1, -0.05) is 25.1 Å². The Labute approximate surface area is 155 Å². The van der Waals surface area contributed by atoms with E-state index in [1.165, 1.54) is 0 Å². The van der Waals surface area contributed by atoms with Gasteiger partial charge in [-0.2, -0.15) is 0 Å². The van der Waals surface area contributed by atoms with Crippen molar-refractivity contribution < 1.29 is 4.74 Å². The van der Waals surface area contributed by atoms with Gasteiger partial charge in [0.15, 0.2) is 5.96 Å². The maximum absolute atomic E-state index is 5.87. The lowest BCUT2D eigenvalue weighted by atomic mass is 9.93. The summed E-state index contributed by atoms with van der Waals surface area (Å²) in [7, 11) is 1.84. The first-order valence-corrected chi connectivity index (χ1v) is 9.30. The van der Waals surface area contributed by atoms with E-state index >= 15 is 0 Å². The van der Waals surface area contributed by atoms with Gasteiger partial charge in [-0.05, 0) is 30.9 Å². The second-order valence-corrected chi connectivity index (χ2v) is 6.88. The van der Waals surface area contributed by atoms with Crippen molar-refractivity contribution in [1.29, 1.82) is 0 Å². The van der Waals surface area contributed by atoms with Crippen LogP contribution in [0.5, 0.6) is 5.75 Å². The summed E-state index contributed by atoms with van der Waals surface area (Å²) in [6, 6.07) is 8.52. The van der Waals surface area contributed by atoms with Crippen LogP contribution in [0, 0.1) is 12.8 Å². The van der Waals surface area contributed by atoms with Crippen molar-refractivity contribution in [2.24, 2.45) is 10.9 Å². The number of imidazole rings is 1.